The van der Waals surface area contributed by atoms with E-state index in [4.69, 9.17) is 10.4 Å². The lowest BCUT2D eigenvalue weighted by Gasteiger charge is -2.10. The minimum absolute atomic E-state index is 0.158. The van der Waals surface area contributed by atoms with E-state index in [1.165, 1.54) is 10.8 Å². The van der Waals surface area contributed by atoms with Crippen molar-refractivity contribution >= 4 is 55.4 Å². The number of amidine groups is 1. The molecule has 7 aromatic rings. The average molecular weight is 492 g/mol. The number of para-hydroxylation sites is 3. The van der Waals surface area contributed by atoms with E-state index >= 15 is 0 Å². The summed E-state index contributed by atoms with van der Waals surface area (Å²) in [6.07, 6.45) is 0. The van der Waals surface area contributed by atoms with E-state index in [9.17, 15) is 0 Å². The molecule has 0 spiro atoms. The molecule has 5 heteroatoms. The second-order valence-corrected chi connectivity index (χ2v) is 9.30. The Morgan fingerprint density at radius 1 is 0.632 bits per heavy atom. The van der Waals surface area contributed by atoms with Gasteiger partial charge in [0.2, 0.25) is 5.96 Å². The van der Waals surface area contributed by atoms with Crippen LogP contribution in [-0.2, 0) is 0 Å². The Balaban J connectivity index is 1.59. The molecule has 0 aliphatic carbocycles. The fourth-order valence-electron chi connectivity index (χ4n) is 5.60. The van der Waals surface area contributed by atoms with Gasteiger partial charge in [-0.15, -0.1) is 0 Å². The zero-order chi connectivity index (χ0) is 25.6. The third-order valence-electron chi connectivity index (χ3n) is 7.20. The van der Waals surface area contributed by atoms with Crippen LogP contribution in [0.25, 0.3) is 49.3 Å². The maximum absolute atomic E-state index is 9.16. The van der Waals surface area contributed by atoms with Crippen molar-refractivity contribution in [3.05, 3.63) is 127 Å². The first-order valence-electron chi connectivity index (χ1n) is 12.7. The van der Waals surface area contributed by atoms with Gasteiger partial charge in [-0.2, -0.15) is 4.99 Å². The van der Waals surface area contributed by atoms with Crippen LogP contribution < -0.4 is 5.32 Å². The van der Waals surface area contributed by atoms with E-state index in [1.54, 1.807) is 0 Å². The molecule has 0 unspecified atom stereocenters. The molecular weight excluding hydrogens is 466 g/mol. The Bertz CT molecular complexity index is 2010. The summed E-state index contributed by atoms with van der Waals surface area (Å²) in [5, 5.41) is 16.9. The first-order valence-corrected chi connectivity index (χ1v) is 12.7. The molecule has 2 heterocycles. The highest BCUT2D eigenvalue weighted by atomic mass is 15.2. The number of fused-ring (bicyclic) bond motifs is 7. The van der Waals surface area contributed by atoms with Crippen molar-refractivity contribution in [1.29, 1.82) is 5.41 Å². The number of rotatable bonds is 2. The summed E-state index contributed by atoms with van der Waals surface area (Å²) in [7, 11) is 1.84. The summed E-state index contributed by atoms with van der Waals surface area (Å²) in [5.41, 5.74) is 6.25. The van der Waals surface area contributed by atoms with Gasteiger partial charge < -0.3 is 9.88 Å². The predicted molar refractivity (Wildman–Crippen MR) is 159 cm³/mol. The molecular formula is C33H25N5. The molecule has 5 aromatic carbocycles. The van der Waals surface area contributed by atoms with Crippen molar-refractivity contribution in [2.75, 3.05) is 7.05 Å². The van der Waals surface area contributed by atoms with E-state index in [-0.39, 0.29) is 5.96 Å². The molecule has 0 aliphatic heterocycles. The van der Waals surface area contributed by atoms with Crippen LogP contribution in [0.15, 0.2) is 126 Å². The van der Waals surface area contributed by atoms with Crippen LogP contribution in [0.1, 0.15) is 5.56 Å². The van der Waals surface area contributed by atoms with E-state index in [0.717, 1.165) is 44.1 Å². The number of hydrogen-bond acceptors (Lipinski definition) is 1. The van der Waals surface area contributed by atoms with Gasteiger partial charge in [-0.1, -0.05) is 91.0 Å². The first-order chi connectivity index (χ1) is 18.8. The van der Waals surface area contributed by atoms with Gasteiger partial charge in [-0.05, 0) is 30.3 Å². The third kappa shape index (κ3) is 3.26. The van der Waals surface area contributed by atoms with E-state index in [2.05, 4.69) is 88.7 Å². The van der Waals surface area contributed by atoms with Crippen molar-refractivity contribution in [1.82, 2.24) is 14.5 Å². The molecule has 7 rings (SSSR count). The number of hydrogen-bond donors (Lipinski definition) is 2. The van der Waals surface area contributed by atoms with Gasteiger partial charge in [0.05, 0.1) is 22.1 Å². The van der Waals surface area contributed by atoms with E-state index < -0.39 is 0 Å². The second kappa shape index (κ2) is 8.75. The van der Waals surface area contributed by atoms with Crippen LogP contribution in [0.3, 0.4) is 0 Å². The summed E-state index contributed by atoms with van der Waals surface area (Å²) in [5.74, 6) is 0.812. The van der Waals surface area contributed by atoms with Crippen molar-refractivity contribution in [2.24, 2.45) is 4.99 Å². The average Bonchev–Trinajstić information content (AvgIpc) is 3.50. The maximum atomic E-state index is 9.16. The quantitative estimate of drug-likeness (QED) is 0.193. The molecule has 2 aromatic heterocycles. The Kier molecular flexibility index (Phi) is 5.08. The monoisotopic (exact) mass is 491 g/mol. The van der Waals surface area contributed by atoms with Crippen molar-refractivity contribution in [3.63, 3.8) is 0 Å². The summed E-state index contributed by atoms with van der Waals surface area (Å²) in [6.45, 7) is 0. The number of aliphatic imine (C=N–C) groups is 1. The molecule has 0 amide bonds. The number of nitrogens with one attached hydrogen (secondary N) is 2. The SMILES string of the molecule is CNC(=NC(=N)n1c2ccccc2c2c1ccc1c3ccccc3n(-c3ccccc3)c12)c1ccccc1. The fraction of sp³-hybridized carbons (Fsp3) is 0.0303. The minimum Gasteiger partial charge on any atom is -0.373 e. The highest BCUT2D eigenvalue weighted by Gasteiger charge is 2.21. The number of benzene rings is 5. The van der Waals surface area contributed by atoms with Gasteiger partial charge in [0.25, 0.3) is 0 Å². The summed E-state index contributed by atoms with van der Waals surface area (Å²) < 4.78 is 4.30. The van der Waals surface area contributed by atoms with Crippen LogP contribution in [0.2, 0.25) is 0 Å². The molecule has 0 radical (unpaired) electrons. The van der Waals surface area contributed by atoms with Gasteiger partial charge in [0.15, 0.2) is 0 Å². The fourth-order valence-corrected chi connectivity index (χ4v) is 5.60. The lowest BCUT2D eigenvalue weighted by Crippen LogP contribution is -2.22. The molecule has 0 fully saturated rings. The minimum atomic E-state index is 0.158. The summed E-state index contributed by atoms with van der Waals surface area (Å²) in [4.78, 5) is 4.76. The van der Waals surface area contributed by atoms with Crippen LogP contribution in [0.4, 0.5) is 0 Å². The van der Waals surface area contributed by atoms with Gasteiger partial charge >= 0.3 is 0 Å². The summed E-state index contributed by atoms with van der Waals surface area (Å²) >= 11 is 0. The Hall–Kier alpha value is -5.16. The predicted octanol–water partition coefficient (Wildman–Crippen LogP) is 7.34. The zero-order valence-corrected chi connectivity index (χ0v) is 20.9. The van der Waals surface area contributed by atoms with Crippen molar-refractivity contribution < 1.29 is 0 Å². The Morgan fingerprint density at radius 2 is 1.26 bits per heavy atom. The van der Waals surface area contributed by atoms with E-state index in [0.29, 0.717) is 5.84 Å². The van der Waals surface area contributed by atoms with Crippen molar-refractivity contribution in [2.45, 2.75) is 0 Å². The standard InChI is InChI=1S/C33H25N5/c1-35-32(22-12-4-2-5-13-22)36-33(34)38-28-19-11-9-17-26(28)30-29(38)21-20-25-24-16-8-10-18-27(24)37(31(25)30)23-14-6-3-7-15-23/h2-21H,1H3,(H2,34,35,36). The van der Waals surface area contributed by atoms with Crippen LogP contribution in [-0.4, -0.2) is 28.0 Å². The van der Waals surface area contributed by atoms with Crippen LogP contribution in [0, 0.1) is 5.41 Å². The molecule has 0 saturated heterocycles. The molecule has 182 valence electrons. The highest BCUT2D eigenvalue weighted by Crippen LogP contribution is 2.40. The van der Waals surface area contributed by atoms with E-state index in [1.807, 2.05) is 54.1 Å². The topological polar surface area (TPSA) is 58.1 Å². The number of aromatic nitrogens is 2. The number of nitrogens with zero attached hydrogens (tertiary/aromatic N) is 3. The lowest BCUT2D eigenvalue weighted by atomic mass is 10.1. The van der Waals surface area contributed by atoms with Crippen LogP contribution >= 0.6 is 0 Å². The van der Waals surface area contributed by atoms with Gasteiger partial charge in [0, 0.05) is 39.8 Å². The third-order valence-corrected chi connectivity index (χ3v) is 7.20. The molecule has 0 saturated carbocycles. The molecule has 2 N–H and O–H groups in total. The molecule has 0 aliphatic rings. The summed E-state index contributed by atoms with van der Waals surface area (Å²) in [6, 6.07) is 41.6. The second-order valence-electron chi connectivity index (χ2n) is 9.30. The molecule has 38 heavy (non-hydrogen) atoms. The van der Waals surface area contributed by atoms with Gasteiger partial charge in [-0.3, -0.25) is 9.98 Å². The normalized spacial score (nSPS) is 12.1. The molecule has 5 nitrogen and oxygen atoms in total. The first kappa shape index (κ1) is 22.1. The molecule has 0 atom stereocenters. The Labute approximate surface area is 219 Å². The van der Waals surface area contributed by atoms with Crippen LogP contribution in [0.5, 0.6) is 0 Å². The largest absolute Gasteiger partial charge is 0.373 e. The smallest absolute Gasteiger partial charge is 0.229 e. The zero-order valence-electron chi connectivity index (χ0n) is 20.9. The van der Waals surface area contributed by atoms with Gasteiger partial charge in [0.1, 0.15) is 5.84 Å². The van der Waals surface area contributed by atoms with Crippen molar-refractivity contribution in [3.8, 4) is 5.69 Å². The lowest BCUT2D eigenvalue weighted by molar-refractivity contribution is 1.13. The highest BCUT2D eigenvalue weighted by molar-refractivity contribution is 6.27. The maximum Gasteiger partial charge on any atom is 0.229 e. The Morgan fingerprint density at radius 3 is 2.00 bits per heavy atom. The van der Waals surface area contributed by atoms with Gasteiger partial charge in [-0.25, -0.2) is 0 Å². The molecule has 0 bridgehead atoms.